The summed E-state index contributed by atoms with van der Waals surface area (Å²) in [6.45, 7) is 15.4. The number of aryl methyl sites for hydroxylation is 2. The summed E-state index contributed by atoms with van der Waals surface area (Å²) in [6.07, 6.45) is 9.00. The van der Waals surface area contributed by atoms with E-state index in [0.29, 0.717) is 23.2 Å². The van der Waals surface area contributed by atoms with Crippen LogP contribution in [0.4, 0.5) is 4.39 Å². The van der Waals surface area contributed by atoms with Crippen LogP contribution in [-0.2, 0) is 31.9 Å². The van der Waals surface area contributed by atoms with E-state index in [4.69, 9.17) is 23.5 Å². The van der Waals surface area contributed by atoms with Gasteiger partial charge in [-0.3, -0.25) is 14.4 Å². The van der Waals surface area contributed by atoms with Gasteiger partial charge in [0, 0.05) is 75.6 Å². The van der Waals surface area contributed by atoms with E-state index in [-0.39, 0.29) is 36.6 Å². The topological polar surface area (TPSA) is 69.6 Å². The smallest absolute Gasteiger partial charge is 0.216 e. The number of nitrogens with zero attached hydrogens (tertiary/aromatic N) is 5. The molecule has 11 aromatic rings. The van der Waals surface area contributed by atoms with Gasteiger partial charge in [-0.2, -0.15) is 0 Å². The number of pyridine rings is 3. The van der Waals surface area contributed by atoms with E-state index in [1.165, 1.54) is 59.7 Å². The van der Waals surface area contributed by atoms with E-state index in [2.05, 4.69) is 185 Å². The van der Waals surface area contributed by atoms with Gasteiger partial charge in [-0.1, -0.05) is 174 Å². The van der Waals surface area contributed by atoms with Crippen molar-refractivity contribution in [1.82, 2.24) is 24.5 Å². The first-order valence-corrected chi connectivity index (χ1v) is 29.8. The fraction of sp³-hybridized carbons (Fsp3) is 0.265. The third-order valence-electron chi connectivity index (χ3n) is 15.3. The Labute approximate surface area is 471 Å². The SMILES string of the molecule is Cc1ccc2c(ccc3nc(-c4[c-]ccc5c4oc4nc(C6CCCCC6)ccc45)n(-c4ccc(C(C)(C)C)cc4-c4ccccc4)c32)n1.[2H]C([2H])([2H])c1c[c-]c(-c2cc(CC(C)C)c([Si](C)(C)c3ccccc3)cn2)c(F)c1.[Ir]. The van der Waals surface area contributed by atoms with Crippen molar-refractivity contribution >= 4 is 62.5 Å². The van der Waals surface area contributed by atoms with Crippen molar-refractivity contribution in [3.63, 3.8) is 0 Å². The van der Waals surface area contributed by atoms with Gasteiger partial charge in [-0.15, -0.1) is 42.0 Å². The van der Waals surface area contributed by atoms with E-state index >= 15 is 0 Å². The number of furan rings is 1. The maximum Gasteiger partial charge on any atom is 0.216 e. The van der Waals surface area contributed by atoms with Crippen LogP contribution < -0.4 is 10.4 Å². The molecular weight excluding hydrogens is 1140 g/mol. The van der Waals surface area contributed by atoms with E-state index < -0.39 is 20.7 Å². The average Bonchev–Trinajstić information content (AvgIpc) is 4.04. The molecule has 0 unspecified atom stereocenters. The number of hydrogen-bond acceptors (Lipinski definition) is 5. The van der Waals surface area contributed by atoms with E-state index in [1.807, 2.05) is 31.3 Å². The Bertz CT molecular complexity index is 4050. The minimum absolute atomic E-state index is 0. The molecule has 77 heavy (non-hydrogen) atoms. The molecule has 0 atom stereocenters. The third kappa shape index (κ3) is 10.6. The minimum atomic E-state index is -2.36. The van der Waals surface area contributed by atoms with Gasteiger partial charge in [0.15, 0.2) is 0 Å². The van der Waals surface area contributed by atoms with Crippen molar-refractivity contribution in [2.24, 2.45) is 5.92 Å². The van der Waals surface area contributed by atoms with Crippen LogP contribution in [0, 0.1) is 37.6 Å². The molecule has 5 heterocycles. The first-order valence-electron chi connectivity index (χ1n) is 28.3. The summed E-state index contributed by atoms with van der Waals surface area (Å²) in [7, 11) is -1.98. The van der Waals surface area contributed by atoms with Gasteiger partial charge < -0.3 is 14.0 Å². The number of benzene rings is 6. The molecule has 0 saturated heterocycles. The number of fused-ring (bicyclic) bond motifs is 6. The van der Waals surface area contributed by atoms with Gasteiger partial charge in [0.05, 0.1) is 28.0 Å². The van der Waals surface area contributed by atoms with Crippen molar-refractivity contribution in [2.75, 3.05) is 0 Å². The summed E-state index contributed by atoms with van der Waals surface area (Å²) in [5, 5.41) is 5.67. The van der Waals surface area contributed by atoms with Crippen LogP contribution in [0.25, 0.3) is 83.5 Å². The molecule has 1 saturated carbocycles. The molecule has 0 N–H and O–H groups in total. The molecule has 0 spiro atoms. The Morgan fingerprint density at radius 2 is 1.52 bits per heavy atom. The first kappa shape index (κ1) is 49.7. The van der Waals surface area contributed by atoms with Gasteiger partial charge in [0.1, 0.15) is 8.07 Å². The van der Waals surface area contributed by atoms with E-state index in [0.717, 1.165) is 90.4 Å². The van der Waals surface area contributed by atoms with Gasteiger partial charge in [-0.25, -0.2) is 4.98 Å². The Morgan fingerprint density at radius 3 is 2.25 bits per heavy atom. The number of halogens is 1. The third-order valence-corrected chi connectivity index (χ3v) is 18.9. The second-order valence-corrected chi connectivity index (χ2v) is 27.0. The van der Waals surface area contributed by atoms with Crippen LogP contribution in [0.5, 0.6) is 0 Å². The van der Waals surface area contributed by atoms with Crippen LogP contribution in [0.3, 0.4) is 0 Å². The zero-order valence-corrected chi connectivity index (χ0v) is 48.6. The Balaban J connectivity index is 0.000000201. The van der Waals surface area contributed by atoms with Crippen LogP contribution in [-0.4, -0.2) is 32.6 Å². The summed E-state index contributed by atoms with van der Waals surface area (Å²) in [5.41, 5.74) is 13.6. The van der Waals surface area contributed by atoms with Gasteiger partial charge in [-0.05, 0) is 108 Å². The zero-order chi connectivity index (χ0) is 55.4. The molecule has 0 aliphatic heterocycles. The maximum atomic E-state index is 14.7. The number of hydrogen-bond donors (Lipinski definition) is 0. The standard InChI is InChI=1S/C44H39N4O.C24H27FNSi.Ir/c1-27-18-20-33-37(45-27)23-24-38-40(33)48(39-25-19-30(44(2,3)4)26-35(39)28-12-7-5-8-13-28)42(46-38)34-17-11-16-31-32-21-22-36(29-14-9-6-10-15-29)47-43(32)49-41(31)34;1-17(2)13-19-15-23(21-12-11-18(3)14-22(21)25)26-16-24(19)27(4,5)20-9-7-6-8-10-20;/h5,7-8,11-13,16,18-26,29H,6,9-10,14-15H2,1-4H3;6-11,14-17H,13H2,1-5H3;/q2*-1;/i;3D3;. The Hall–Kier alpha value is -6.90. The molecule has 6 aromatic carbocycles. The van der Waals surface area contributed by atoms with Crippen molar-refractivity contribution < 1.29 is 33.0 Å². The second kappa shape index (κ2) is 21.8. The number of rotatable bonds is 9. The molecule has 1 fully saturated rings. The molecule has 1 aliphatic carbocycles. The minimum Gasteiger partial charge on any atom is -0.486 e. The summed E-state index contributed by atoms with van der Waals surface area (Å²) in [6, 6.07) is 55.7. The van der Waals surface area contributed by atoms with Crippen molar-refractivity contribution in [3.05, 3.63) is 198 Å². The molecule has 0 bridgehead atoms. The molecular formula is C68H66FIrN5OSi-2. The van der Waals surface area contributed by atoms with Gasteiger partial charge in [0.25, 0.3) is 0 Å². The quantitative estimate of drug-likeness (QED) is 0.106. The fourth-order valence-electron chi connectivity index (χ4n) is 11.2. The largest absolute Gasteiger partial charge is 0.486 e. The maximum absolute atomic E-state index is 14.7. The molecule has 5 aromatic heterocycles. The summed E-state index contributed by atoms with van der Waals surface area (Å²) < 4.78 is 46.2. The average molecular weight is 1210 g/mol. The van der Waals surface area contributed by atoms with Crippen molar-refractivity contribution in [1.29, 1.82) is 0 Å². The molecule has 6 nitrogen and oxygen atoms in total. The van der Waals surface area contributed by atoms with Gasteiger partial charge in [0.2, 0.25) is 5.71 Å². The predicted molar refractivity (Wildman–Crippen MR) is 315 cm³/mol. The normalized spacial score (nSPS) is 14.1. The Morgan fingerprint density at radius 1 is 0.779 bits per heavy atom. The monoisotopic (exact) mass is 1210 g/mol. The summed E-state index contributed by atoms with van der Waals surface area (Å²) in [5.74, 6) is 1.10. The molecule has 0 amide bonds. The molecule has 391 valence electrons. The number of imidazole rings is 1. The molecule has 1 radical (unpaired) electrons. The Kier molecular flexibility index (Phi) is 14.1. The van der Waals surface area contributed by atoms with Crippen LogP contribution in [0.2, 0.25) is 13.1 Å². The zero-order valence-electron chi connectivity index (χ0n) is 48.2. The summed E-state index contributed by atoms with van der Waals surface area (Å²) in [4.78, 5) is 20.0. The molecule has 12 rings (SSSR count). The predicted octanol–water partition coefficient (Wildman–Crippen LogP) is 16.7. The van der Waals surface area contributed by atoms with E-state index in [1.54, 1.807) is 0 Å². The van der Waals surface area contributed by atoms with Gasteiger partial charge >= 0.3 is 0 Å². The van der Waals surface area contributed by atoms with Crippen molar-refractivity contribution in [3.8, 4) is 39.5 Å². The molecule has 9 heteroatoms. The first-order chi connectivity index (χ1) is 37.8. The fourth-order valence-corrected chi connectivity index (χ4v) is 13.9. The summed E-state index contributed by atoms with van der Waals surface area (Å²) >= 11 is 0. The molecule has 1 aliphatic rings. The van der Waals surface area contributed by atoms with Crippen LogP contribution >= 0.6 is 0 Å². The number of aromatic nitrogens is 5. The van der Waals surface area contributed by atoms with E-state index in [9.17, 15) is 4.39 Å². The second-order valence-electron chi connectivity index (χ2n) is 22.6. The van der Waals surface area contributed by atoms with Crippen molar-refractivity contribution in [2.45, 2.75) is 111 Å². The van der Waals surface area contributed by atoms with Crippen LogP contribution in [0.1, 0.15) is 105 Å². The van der Waals surface area contributed by atoms with Crippen LogP contribution in [0.15, 0.2) is 156 Å².